The number of imidazole rings is 1. The molecule has 0 radical (unpaired) electrons. The summed E-state index contributed by atoms with van der Waals surface area (Å²) in [6, 6.07) is 2.95. The maximum atomic E-state index is 8.94. The SMILES string of the molecule is CC[C@H]1C[C@@H](n2cnc3c(N)ncnc32)C[C@@H]1OP(OCCC#N)N(C(C)C)C(C)C. The van der Waals surface area contributed by atoms with Crippen molar-refractivity contribution in [2.45, 2.75) is 84.5 Å². The van der Waals surface area contributed by atoms with E-state index in [-0.39, 0.29) is 24.2 Å². The molecule has 1 aliphatic rings. The molecule has 170 valence electrons. The molecule has 1 unspecified atom stereocenters. The van der Waals surface area contributed by atoms with Crippen molar-refractivity contribution in [3.63, 3.8) is 0 Å². The minimum atomic E-state index is -1.26. The Morgan fingerprint density at radius 3 is 2.65 bits per heavy atom. The van der Waals surface area contributed by atoms with E-state index < -0.39 is 8.53 Å². The van der Waals surface area contributed by atoms with Gasteiger partial charge in [0.2, 0.25) is 0 Å². The maximum absolute atomic E-state index is 8.94. The molecule has 0 aliphatic heterocycles. The molecule has 2 aromatic rings. The summed E-state index contributed by atoms with van der Waals surface area (Å²) in [6.07, 6.45) is 6.60. The van der Waals surface area contributed by atoms with Crippen molar-refractivity contribution in [3.05, 3.63) is 12.7 Å². The molecule has 4 atom stereocenters. The first-order valence-corrected chi connectivity index (χ1v) is 12.2. The lowest BCUT2D eigenvalue weighted by Crippen LogP contribution is -2.35. The molecule has 31 heavy (non-hydrogen) atoms. The van der Waals surface area contributed by atoms with Crippen LogP contribution in [0.15, 0.2) is 12.7 Å². The Morgan fingerprint density at radius 2 is 2.00 bits per heavy atom. The van der Waals surface area contributed by atoms with Crippen LogP contribution in [0.5, 0.6) is 0 Å². The number of nitriles is 1. The zero-order valence-electron chi connectivity index (χ0n) is 19.1. The highest BCUT2D eigenvalue weighted by molar-refractivity contribution is 7.44. The number of hydrogen-bond acceptors (Lipinski definition) is 8. The van der Waals surface area contributed by atoms with Gasteiger partial charge >= 0.3 is 0 Å². The van der Waals surface area contributed by atoms with Gasteiger partial charge in [0.25, 0.3) is 8.53 Å². The predicted octanol–water partition coefficient (Wildman–Crippen LogP) is 4.43. The van der Waals surface area contributed by atoms with Crippen LogP contribution in [-0.2, 0) is 9.05 Å². The predicted molar refractivity (Wildman–Crippen MR) is 122 cm³/mol. The first-order valence-electron chi connectivity index (χ1n) is 11.0. The Morgan fingerprint density at radius 1 is 1.26 bits per heavy atom. The number of nitrogen functional groups attached to an aromatic ring is 1. The largest absolute Gasteiger partial charge is 0.382 e. The molecule has 0 saturated heterocycles. The van der Waals surface area contributed by atoms with Crippen LogP contribution in [0.3, 0.4) is 0 Å². The standard InChI is InChI=1S/C21H34N7O2P/c1-6-16-10-17(27-13-26-19-20(23)24-12-25-21(19)27)11-18(16)30-31(29-9-7-8-22)28(14(2)3)15(4)5/h12-18H,6-7,9-11H2,1-5H3,(H2,23,24,25)/t16-,17+,18-,31?/m0/s1. The van der Waals surface area contributed by atoms with E-state index in [0.717, 1.165) is 24.9 Å². The van der Waals surface area contributed by atoms with E-state index in [1.54, 1.807) is 0 Å². The molecule has 0 amide bonds. The molecule has 9 nitrogen and oxygen atoms in total. The van der Waals surface area contributed by atoms with Crippen molar-refractivity contribution in [3.8, 4) is 6.07 Å². The fourth-order valence-corrected chi connectivity index (χ4v) is 6.19. The Balaban J connectivity index is 1.80. The number of aromatic nitrogens is 4. The summed E-state index contributed by atoms with van der Waals surface area (Å²) < 4.78 is 17.2. The minimum absolute atomic E-state index is 0.0693. The number of anilines is 1. The summed E-state index contributed by atoms with van der Waals surface area (Å²) in [5, 5.41) is 8.94. The zero-order chi connectivity index (χ0) is 22.5. The molecule has 2 aromatic heterocycles. The van der Waals surface area contributed by atoms with Crippen LogP contribution < -0.4 is 5.73 Å². The average molecular weight is 448 g/mol. The van der Waals surface area contributed by atoms with Gasteiger partial charge in [0.05, 0.1) is 31.5 Å². The molecule has 0 bridgehead atoms. The topological polar surface area (TPSA) is 115 Å². The molecular formula is C21H34N7O2P. The second-order valence-electron chi connectivity index (χ2n) is 8.57. The average Bonchev–Trinajstić information content (AvgIpc) is 3.32. The lowest BCUT2D eigenvalue weighted by atomic mass is 10.0. The fourth-order valence-electron chi connectivity index (χ4n) is 4.39. The van der Waals surface area contributed by atoms with Crippen molar-refractivity contribution in [1.29, 1.82) is 5.26 Å². The van der Waals surface area contributed by atoms with Crippen LogP contribution in [0.1, 0.15) is 66.3 Å². The second kappa shape index (κ2) is 10.6. The van der Waals surface area contributed by atoms with Gasteiger partial charge in [-0.25, -0.2) is 19.6 Å². The normalized spacial score (nSPS) is 22.6. The summed E-state index contributed by atoms with van der Waals surface area (Å²) in [6.45, 7) is 11.2. The molecule has 2 heterocycles. The van der Waals surface area contributed by atoms with Crippen LogP contribution in [0.4, 0.5) is 5.82 Å². The quantitative estimate of drug-likeness (QED) is 0.420. The van der Waals surface area contributed by atoms with Gasteiger partial charge in [-0.1, -0.05) is 13.3 Å². The van der Waals surface area contributed by atoms with Crippen LogP contribution in [0.2, 0.25) is 0 Å². The third-order valence-corrected chi connectivity index (χ3v) is 7.95. The van der Waals surface area contributed by atoms with E-state index in [0.29, 0.717) is 30.3 Å². The monoisotopic (exact) mass is 447 g/mol. The molecule has 0 spiro atoms. The molecule has 1 fully saturated rings. The van der Waals surface area contributed by atoms with E-state index >= 15 is 0 Å². The van der Waals surface area contributed by atoms with Gasteiger partial charge in [-0.15, -0.1) is 0 Å². The van der Waals surface area contributed by atoms with E-state index in [9.17, 15) is 0 Å². The third-order valence-electron chi connectivity index (χ3n) is 5.80. The number of nitrogens with two attached hydrogens (primary N) is 1. The first-order chi connectivity index (χ1) is 14.9. The van der Waals surface area contributed by atoms with Crippen molar-refractivity contribution >= 4 is 25.5 Å². The van der Waals surface area contributed by atoms with E-state index in [2.05, 4.69) is 64.9 Å². The van der Waals surface area contributed by atoms with Gasteiger partial charge in [-0.05, 0) is 46.5 Å². The van der Waals surface area contributed by atoms with Crippen molar-refractivity contribution in [2.75, 3.05) is 12.3 Å². The van der Waals surface area contributed by atoms with Gasteiger partial charge in [0, 0.05) is 18.1 Å². The number of hydrogen-bond donors (Lipinski definition) is 1. The highest BCUT2D eigenvalue weighted by atomic mass is 31.2. The highest BCUT2D eigenvalue weighted by Gasteiger charge is 2.39. The molecule has 10 heteroatoms. The maximum Gasteiger partial charge on any atom is 0.259 e. The summed E-state index contributed by atoms with van der Waals surface area (Å²) in [5.41, 5.74) is 7.38. The van der Waals surface area contributed by atoms with Crippen molar-refractivity contribution < 1.29 is 9.05 Å². The Labute approximate surface area is 185 Å². The van der Waals surface area contributed by atoms with Crippen LogP contribution >= 0.6 is 8.53 Å². The van der Waals surface area contributed by atoms with Crippen LogP contribution in [0.25, 0.3) is 11.2 Å². The van der Waals surface area contributed by atoms with Gasteiger partial charge in [0.1, 0.15) is 11.8 Å². The van der Waals surface area contributed by atoms with Crippen LogP contribution in [0, 0.1) is 17.2 Å². The molecule has 1 saturated carbocycles. The summed E-state index contributed by atoms with van der Waals surface area (Å²) in [7, 11) is -1.26. The number of fused-ring (bicyclic) bond motifs is 1. The van der Waals surface area contributed by atoms with E-state index in [4.69, 9.17) is 20.0 Å². The van der Waals surface area contributed by atoms with Gasteiger partial charge in [-0.2, -0.15) is 5.26 Å². The first kappa shape index (κ1) is 23.8. The Kier molecular flexibility index (Phi) is 8.17. The van der Waals surface area contributed by atoms with Gasteiger partial charge in [0.15, 0.2) is 11.5 Å². The zero-order valence-corrected chi connectivity index (χ0v) is 20.0. The van der Waals surface area contributed by atoms with Gasteiger partial charge in [-0.3, -0.25) is 0 Å². The van der Waals surface area contributed by atoms with Gasteiger partial charge < -0.3 is 19.3 Å². The highest BCUT2D eigenvalue weighted by Crippen LogP contribution is 2.52. The van der Waals surface area contributed by atoms with E-state index in [1.807, 2.05) is 6.33 Å². The number of rotatable bonds is 10. The van der Waals surface area contributed by atoms with E-state index in [1.165, 1.54) is 6.33 Å². The fraction of sp³-hybridized carbons (Fsp3) is 0.714. The lowest BCUT2D eigenvalue weighted by Gasteiger charge is -2.37. The van der Waals surface area contributed by atoms with Crippen molar-refractivity contribution in [2.24, 2.45) is 5.92 Å². The molecular weight excluding hydrogens is 413 g/mol. The Hall–Kier alpha value is -1.85. The summed E-state index contributed by atoms with van der Waals surface area (Å²) in [5.74, 6) is 0.813. The lowest BCUT2D eigenvalue weighted by molar-refractivity contribution is 0.106. The minimum Gasteiger partial charge on any atom is -0.382 e. The van der Waals surface area contributed by atoms with Crippen molar-refractivity contribution in [1.82, 2.24) is 24.2 Å². The molecule has 0 aromatic carbocycles. The summed E-state index contributed by atoms with van der Waals surface area (Å²) >= 11 is 0. The third kappa shape index (κ3) is 5.32. The number of nitrogens with zero attached hydrogens (tertiary/aromatic N) is 6. The van der Waals surface area contributed by atoms with Crippen LogP contribution in [-0.4, -0.2) is 49.0 Å². The smallest absolute Gasteiger partial charge is 0.259 e. The molecule has 1 aliphatic carbocycles. The second-order valence-corrected chi connectivity index (χ2v) is 9.97. The molecule has 3 rings (SSSR count). The summed E-state index contributed by atoms with van der Waals surface area (Å²) in [4.78, 5) is 12.9. The molecule has 2 N–H and O–H groups in total. The Bertz CT molecular complexity index is 889.